The average molecular weight is 352 g/mol. The molecule has 0 radical (unpaired) electrons. The largest absolute Gasteiger partial charge is 0.368 e. The smallest absolute Gasteiger partial charge is 0.256 e. The Kier molecular flexibility index (Phi) is 6.27. The zero-order valence-corrected chi connectivity index (χ0v) is 15.1. The summed E-state index contributed by atoms with van der Waals surface area (Å²) in [6.07, 6.45) is 4.58. The molecule has 1 amide bonds. The van der Waals surface area contributed by atoms with Crippen LogP contribution in [0, 0.1) is 0 Å². The minimum absolute atomic E-state index is 0. The van der Waals surface area contributed by atoms with E-state index in [0.29, 0.717) is 12.8 Å². The number of fused-ring (bicyclic) bond motifs is 1. The van der Waals surface area contributed by atoms with E-state index in [4.69, 9.17) is 4.74 Å². The minimum atomic E-state index is -0.717. The van der Waals surface area contributed by atoms with Crippen LogP contribution in [0.3, 0.4) is 0 Å². The first-order valence-electron chi connectivity index (χ1n) is 8.35. The van der Waals surface area contributed by atoms with E-state index >= 15 is 0 Å². The van der Waals surface area contributed by atoms with Crippen molar-refractivity contribution in [2.45, 2.75) is 38.3 Å². The molecule has 1 aliphatic heterocycles. The molecule has 0 bridgehead atoms. The van der Waals surface area contributed by atoms with E-state index in [1.54, 1.807) is 7.11 Å². The van der Waals surface area contributed by atoms with Gasteiger partial charge in [-0.25, -0.2) is 0 Å². The van der Waals surface area contributed by atoms with Crippen LogP contribution in [0.15, 0.2) is 30.5 Å². The van der Waals surface area contributed by atoms with E-state index in [9.17, 15) is 4.79 Å². The number of amides is 1. The van der Waals surface area contributed by atoms with E-state index in [1.165, 1.54) is 5.39 Å². The van der Waals surface area contributed by atoms with Crippen molar-refractivity contribution in [2.24, 2.45) is 0 Å². The number of anilines is 1. The molecule has 2 heterocycles. The van der Waals surface area contributed by atoms with E-state index in [-0.39, 0.29) is 18.3 Å². The molecule has 0 atom stereocenters. The average Bonchev–Trinajstić information content (AvgIpc) is 2.98. The van der Waals surface area contributed by atoms with Crippen molar-refractivity contribution in [3.05, 3.63) is 30.5 Å². The van der Waals surface area contributed by atoms with Gasteiger partial charge < -0.3 is 19.9 Å². The first kappa shape index (κ1) is 18.8. The first-order valence-corrected chi connectivity index (χ1v) is 8.35. The van der Waals surface area contributed by atoms with Crippen LogP contribution in [0.1, 0.15) is 26.2 Å². The van der Waals surface area contributed by atoms with Gasteiger partial charge in [-0.05, 0) is 55.9 Å². The maximum atomic E-state index is 12.7. The number of nitrogens with one attached hydrogen (secondary N) is 2. The molecular formula is C18H26ClN3O2. The summed E-state index contributed by atoms with van der Waals surface area (Å²) in [7, 11) is 1.63. The van der Waals surface area contributed by atoms with E-state index in [2.05, 4.69) is 40.5 Å². The lowest BCUT2D eigenvalue weighted by atomic mass is 9.91. The van der Waals surface area contributed by atoms with Crippen molar-refractivity contribution in [1.29, 1.82) is 0 Å². The summed E-state index contributed by atoms with van der Waals surface area (Å²) in [6, 6.07) is 8.17. The summed E-state index contributed by atoms with van der Waals surface area (Å²) < 4.78 is 7.81. The number of halogens is 1. The molecule has 6 heteroatoms. The molecule has 0 aliphatic carbocycles. The number of carbonyl (C=O) groups excluding carboxylic acids is 1. The third-order valence-electron chi connectivity index (χ3n) is 4.71. The van der Waals surface area contributed by atoms with Crippen LogP contribution in [0.25, 0.3) is 10.9 Å². The highest BCUT2D eigenvalue weighted by Crippen LogP contribution is 2.26. The molecular weight excluding hydrogens is 326 g/mol. The normalized spacial score (nSPS) is 16.6. The Morgan fingerprint density at radius 2 is 2.08 bits per heavy atom. The molecule has 0 spiro atoms. The van der Waals surface area contributed by atoms with Crippen LogP contribution in [0.5, 0.6) is 0 Å². The number of piperidine rings is 1. The van der Waals surface area contributed by atoms with Crippen LogP contribution < -0.4 is 10.6 Å². The van der Waals surface area contributed by atoms with Crippen molar-refractivity contribution >= 4 is 34.9 Å². The summed E-state index contributed by atoms with van der Waals surface area (Å²) in [4.78, 5) is 12.7. The van der Waals surface area contributed by atoms with Gasteiger partial charge in [-0.1, -0.05) is 13.0 Å². The Bertz CT molecular complexity index is 693. The number of ether oxygens (including phenoxy) is 1. The summed E-state index contributed by atoms with van der Waals surface area (Å²) in [5, 5.41) is 7.52. The van der Waals surface area contributed by atoms with Crippen LogP contribution in [0.2, 0.25) is 0 Å². The molecule has 2 aromatic rings. The number of carbonyl (C=O) groups is 1. The fourth-order valence-corrected chi connectivity index (χ4v) is 3.30. The molecule has 0 unspecified atom stereocenters. The summed E-state index contributed by atoms with van der Waals surface area (Å²) in [5.74, 6) is -0.0468. The number of benzene rings is 1. The second kappa shape index (κ2) is 8.01. The fourth-order valence-electron chi connectivity index (χ4n) is 3.30. The highest BCUT2D eigenvalue weighted by Gasteiger charge is 2.39. The van der Waals surface area contributed by atoms with Gasteiger partial charge in [-0.15, -0.1) is 12.4 Å². The number of hydrogen-bond acceptors (Lipinski definition) is 3. The predicted molar refractivity (Wildman–Crippen MR) is 100.0 cm³/mol. The molecule has 1 aliphatic rings. The molecule has 132 valence electrons. The number of aromatic nitrogens is 1. The Labute approximate surface area is 149 Å². The fraction of sp³-hybridized carbons (Fsp3) is 0.500. The predicted octanol–water partition coefficient (Wildman–Crippen LogP) is 3.18. The highest BCUT2D eigenvalue weighted by molar-refractivity contribution is 5.99. The highest BCUT2D eigenvalue weighted by atomic mass is 35.5. The van der Waals surface area contributed by atoms with Gasteiger partial charge in [0.15, 0.2) is 0 Å². The number of methoxy groups -OCH3 is 1. The Morgan fingerprint density at radius 3 is 2.75 bits per heavy atom. The monoisotopic (exact) mass is 351 g/mol. The Morgan fingerprint density at radius 1 is 1.33 bits per heavy atom. The lowest BCUT2D eigenvalue weighted by Crippen LogP contribution is -2.51. The van der Waals surface area contributed by atoms with Gasteiger partial charge in [-0.2, -0.15) is 0 Å². The van der Waals surface area contributed by atoms with Gasteiger partial charge in [0.05, 0.1) is 5.52 Å². The molecule has 3 rings (SSSR count). The molecule has 1 aromatic heterocycles. The van der Waals surface area contributed by atoms with Gasteiger partial charge in [0.25, 0.3) is 5.91 Å². The Hall–Kier alpha value is -1.56. The number of hydrogen-bond donors (Lipinski definition) is 2. The summed E-state index contributed by atoms with van der Waals surface area (Å²) in [6.45, 7) is 4.75. The second-order valence-corrected chi connectivity index (χ2v) is 6.19. The summed E-state index contributed by atoms with van der Waals surface area (Å²) in [5.41, 5.74) is 1.26. The van der Waals surface area contributed by atoms with Gasteiger partial charge >= 0.3 is 0 Å². The lowest BCUT2D eigenvalue weighted by Gasteiger charge is -2.34. The quantitative estimate of drug-likeness (QED) is 0.869. The standard InChI is InChI=1S/C18H25N3O2.ClH/c1-3-11-21-12-6-14-4-5-15(13-16(14)21)20-17(22)18(23-2)7-9-19-10-8-18;/h4-6,12-13,19H,3,7-11H2,1-2H3,(H,20,22);1H. The maximum Gasteiger partial charge on any atom is 0.256 e. The Balaban J connectivity index is 0.00000208. The molecule has 1 saturated heterocycles. The number of aryl methyl sites for hydroxylation is 1. The molecule has 0 saturated carbocycles. The van der Waals surface area contributed by atoms with Crippen LogP contribution in [-0.4, -0.2) is 36.3 Å². The van der Waals surface area contributed by atoms with Crippen molar-refractivity contribution in [1.82, 2.24) is 9.88 Å². The van der Waals surface area contributed by atoms with Gasteiger partial charge in [-0.3, -0.25) is 4.79 Å². The van der Waals surface area contributed by atoms with E-state index in [1.807, 2.05) is 12.1 Å². The zero-order valence-electron chi connectivity index (χ0n) is 14.3. The molecule has 1 aromatic carbocycles. The van der Waals surface area contributed by atoms with Crippen molar-refractivity contribution in [3.8, 4) is 0 Å². The molecule has 2 N–H and O–H groups in total. The summed E-state index contributed by atoms with van der Waals surface area (Å²) >= 11 is 0. The van der Waals surface area contributed by atoms with Gasteiger partial charge in [0, 0.05) is 25.5 Å². The minimum Gasteiger partial charge on any atom is -0.368 e. The number of rotatable bonds is 5. The van der Waals surface area contributed by atoms with Crippen molar-refractivity contribution in [2.75, 3.05) is 25.5 Å². The third-order valence-corrected chi connectivity index (χ3v) is 4.71. The van der Waals surface area contributed by atoms with E-state index in [0.717, 1.165) is 37.3 Å². The maximum absolute atomic E-state index is 12.7. The first-order chi connectivity index (χ1) is 11.2. The van der Waals surface area contributed by atoms with Crippen molar-refractivity contribution in [3.63, 3.8) is 0 Å². The third kappa shape index (κ3) is 3.58. The van der Waals surface area contributed by atoms with Crippen molar-refractivity contribution < 1.29 is 9.53 Å². The van der Waals surface area contributed by atoms with Crippen LogP contribution in [-0.2, 0) is 16.1 Å². The molecule has 5 nitrogen and oxygen atoms in total. The van der Waals surface area contributed by atoms with Gasteiger partial charge in [0.2, 0.25) is 0 Å². The van der Waals surface area contributed by atoms with E-state index < -0.39 is 5.60 Å². The topological polar surface area (TPSA) is 55.3 Å². The SMILES string of the molecule is CCCn1ccc2ccc(NC(=O)C3(OC)CCNCC3)cc21.Cl. The lowest BCUT2D eigenvalue weighted by molar-refractivity contribution is -0.140. The zero-order chi connectivity index (χ0) is 16.3. The van der Waals surface area contributed by atoms with Crippen LogP contribution in [0.4, 0.5) is 5.69 Å². The second-order valence-electron chi connectivity index (χ2n) is 6.19. The molecule has 1 fully saturated rings. The molecule has 24 heavy (non-hydrogen) atoms. The van der Waals surface area contributed by atoms with Gasteiger partial charge in [0.1, 0.15) is 5.60 Å². The van der Waals surface area contributed by atoms with Crippen LogP contribution >= 0.6 is 12.4 Å². The number of nitrogens with zero attached hydrogens (tertiary/aromatic N) is 1.